The van der Waals surface area contributed by atoms with Gasteiger partial charge in [-0.15, -0.1) is 0 Å². The maximum atomic E-state index is 13.0. The molecular formula is C20H22O5Se. The van der Waals surface area contributed by atoms with Gasteiger partial charge >= 0.3 is 159 Å². The fraction of sp³-hybridized carbons (Fsp3) is 0.400. The summed E-state index contributed by atoms with van der Waals surface area (Å²) in [4.78, 5) is 25.7. The molecule has 0 amide bonds. The summed E-state index contributed by atoms with van der Waals surface area (Å²) in [5, 5.41) is 11.3. The summed E-state index contributed by atoms with van der Waals surface area (Å²) >= 11 is -0.159. The Morgan fingerprint density at radius 2 is 2.08 bits per heavy atom. The van der Waals surface area contributed by atoms with Gasteiger partial charge in [0.2, 0.25) is 0 Å². The van der Waals surface area contributed by atoms with Crippen LogP contribution in [0.3, 0.4) is 0 Å². The SMILES string of the molecule is CCOC(=O)[C@@H]1C[C@@](C)([Se]c2ccccc2)C(=O)C[C@@]1(O)c1ccoc1. The van der Waals surface area contributed by atoms with Crippen LogP contribution in [0.5, 0.6) is 0 Å². The number of esters is 1. The molecule has 0 saturated heterocycles. The molecule has 2 aromatic rings. The van der Waals surface area contributed by atoms with Gasteiger partial charge in [0.1, 0.15) is 0 Å². The molecule has 3 atom stereocenters. The Balaban J connectivity index is 1.95. The monoisotopic (exact) mass is 422 g/mol. The molecule has 1 aromatic carbocycles. The van der Waals surface area contributed by atoms with E-state index in [9.17, 15) is 14.7 Å². The topological polar surface area (TPSA) is 76.7 Å². The molecular weight excluding hydrogens is 399 g/mol. The fourth-order valence-corrected chi connectivity index (χ4v) is 6.03. The summed E-state index contributed by atoms with van der Waals surface area (Å²) in [5.74, 6) is -1.32. The first-order chi connectivity index (χ1) is 12.4. The molecule has 0 radical (unpaired) electrons. The number of ketones is 1. The number of benzene rings is 1. The van der Waals surface area contributed by atoms with Gasteiger partial charge in [0.25, 0.3) is 0 Å². The molecule has 138 valence electrons. The van der Waals surface area contributed by atoms with Crippen LogP contribution in [-0.4, -0.2) is 38.4 Å². The van der Waals surface area contributed by atoms with Crippen LogP contribution in [-0.2, 0) is 19.9 Å². The van der Waals surface area contributed by atoms with Crippen LogP contribution in [0.25, 0.3) is 0 Å². The summed E-state index contributed by atoms with van der Waals surface area (Å²) in [6.45, 7) is 3.85. The molecule has 1 heterocycles. The Hall–Kier alpha value is -1.88. The second-order valence-corrected chi connectivity index (χ2v) is 10.00. The second kappa shape index (κ2) is 7.39. The molecule has 1 saturated carbocycles. The standard InChI is InChI=1S/C20H22O5Se/c1-3-25-18(22)16-11-19(2,26-15-7-5-4-6-8-15)17(21)12-20(16,23)14-9-10-24-13-14/h4-10,13,16,23H,3,11-12H2,1-2H3/t16-,19+,20+/m0/s1. The minimum absolute atomic E-state index is 0.0365. The number of hydrogen-bond acceptors (Lipinski definition) is 5. The summed E-state index contributed by atoms with van der Waals surface area (Å²) in [6, 6.07) is 11.4. The third kappa shape index (κ3) is 3.50. The van der Waals surface area contributed by atoms with Crippen molar-refractivity contribution in [3.8, 4) is 0 Å². The fourth-order valence-electron chi connectivity index (χ4n) is 3.41. The Labute approximate surface area is 158 Å². The number of carbonyl (C=O) groups excluding carboxylic acids is 2. The number of ether oxygens (including phenoxy) is 1. The van der Waals surface area contributed by atoms with E-state index in [2.05, 4.69) is 0 Å². The molecule has 0 spiro atoms. The molecule has 5 nitrogen and oxygen atoms in total. The van der Waals surface area contributed by atoms with E-state index in [-0.39, 0.29) is 40.2 Å². The van der Waals surface area contributed by atoms with Gasteiger partial charge in [-0.2, -0.15) is 0 Å². The first-order valence-corrected chi connectivity index (χ1v) is 10.3. The Morgan fingerprint density at radius 1 is 1.35 bits per heavy atom. The number of Topliss-reactive ketones (excluding diaryl/α,β-unsaturated/α-hetero) is 1. The summed E-state index contributed by atoms with van der Waals surface area (Å²) in [6.07, 6.45) is 2.95. The Morgan fingerprint density at radius 3 is 2.69 bits per heavy atom. The van der Waals surface area contributed by atoms with Gasteiger partial charge in [-0.3, -0.25) is 0 Å². The predicted octanol–water partition coefficient (Wildman–Crippen LogP) is 2.22. The van der Waals surface area contributed by atoms with Crippen molar-refractivity contribution in [3.63, 3.8) is 0 Å². The zero-order valence-corrected chi connectivity index (χ0v) is 16.5. The van der Waals surface area contributed by atoms with Gasteiger partial charge in [0.05, 0.1) is 0 Å². The van der Waals surface area contributed by atoms with Crippen molar-refractivity contribution in [2.75, 3.05) is 6.61 Å². The summed E-state index contributed by atoms with van der Waals surface area (Å²) < 4.78 is 10.7. The van der Waals surface area contributed by atoms with Crippen LogP contribution in [0, 0.1) is 5.92 Å². The zero-order chi connectivity index (χ0) is 18.8. The van der Waals surface area contributed by atoms with E-state index in [1.807, 2.05) is 37.3 Å². The van der Waals surface area contributed by atoms with Crippen LogP contribution < -0.4 is 4.46 Å². The van der Waals surface area contributed by atoms with Gasteiger partial charge in [0, 0.05) is 0 Å². The molecule has 26 heavy (non-hydrogen) atoms. The Kier molecular flexibility index (Phi) is 5.37. The van der Waals surface area contributed by atoms with E-state index in [0.29, 0.717) is 5.56 Å². The minimum atomic E-state index is -1.59. The molecule has 0 bridgehead atoms. The molecule has 3 rings (SSSR count). The van der Waals surface area contributed by atoms with Gasteiger partial charge in [-0.1, -0.05) is 0 Å². The first-order valence-electron chi connectivity index (χ1n) is 8.58. The van der Waals surface area contributed by atoms with Crippen LogP contribution in [0.2, 0.25) is 4.31 Å². The number of furan rings is 1. The third-order valence-corrected chi connectivity index (χ3v) is 7.71. The molecule has 1 aromatic heterocycles. The van der Waals surface area contributed by atoms with Crippen molar-refractivity contribution in [1.82, 2.24) is 0 Å². The van der Waals surface area contributed by atoms with Crippen LogP contribution in [0.4, 0.5) is 0 Å². The van der Waals surface area contributed by atoms with Gasteiger partial charge < -0.3 is 0 Å². The van der Waals surface area contributed by atoms with E-state index in [1.165, 1.54) is 12.5 Å². The third-order valence-electron chi connectivity index (χ3n) is 4.87. The summed E-state index contributed by atoms with van der Waals surface area (Å²) in [5.41, 5.74) is -1.15. The van der Waals surface area contributed by atoms with Crippen LogP contribution >= 0.6 is 0 Å². The van der Waals surface area contributed by atoms with Crippen molar-refractivity contribution in [2.24, 2.45) is 5.92 Å². The first kappa shape index (κ1) is 18.9. The van der Waals surface area contributed by atoms with E-state index in [0.717, 1.165) is 4.46 Å². The molecule has 0 aliphatic heterocycles. The zero-order valence-electron chi connectivity index (χ0n) is 14.8. The predicted molar refractivity (Wildman–Crippen MR) is 97.2 cm³/mol. The summed E-state index contributed by atoms with van der Waals surface area (Å²) in [7, 11) is 0. The van der Waals surface area contributed by atoms with Crippen molar-refractivity contribution in [1.29, 1.82) is 0 Å². The van der Waals surface area contributed by atoms with E-state index in [1.54, 1.807) is 13.0 Å². The van der Waals surface area contributed by atoms with Gasteiger partial charge in [-0.05, 0) is 0 Å². The molecule has 1 aliphatic carbocycles. The average Bonchev–Trinajstić information content (AvgIpc) is 3.15. The van der Waals surface area contributed by atoms with E-state index < -0.39 is 21.8 Å². The van der Waals surface area contributed by atoms with E-state index >= 15 is 0 Å². The van der Waals surface area contributed by atoms with Crippen LogP contribution in [0.15, 0.2) is 53.3 Å². The number of carbonyl (C=O) groups is 2. The second-order valence-electron chi connectivity index (χ2n) is 6.69. The van der Waals surface area contributed by atoms with Crippen molar-refractivity contribution >= 4 is 31.2 Å². The van der Waals surface area contributed by atoms with Crippen molar-refractivity contribution in [2.45, 2.75) is 36.6 Å². The van der Waals surface area contributed by atoms with Crippen LogP contribution in [0.1, 0.15) is 32.3 Å². The number of aliphatic hydroxyl groups is 1. The molecule has 6 heteroatoms. The number of rotatable bonds is 5. The quantitative estimate of drug-likeness (QED) is 0.592. The maximum absolute atomic E-state index is 13.0. The molecule has 1 fully saturated rings. The van der Waals surface area contributed by atoms with Crippen molar-refractivity contribution in [3.05, 3.63) is 54.5 Å². The van der Waals surface area contributed by atoms with Gasteiger partial charge in [-0.25, -0.2) is 0 Å². The Bertz CT molecular complexity index is 773. The average molecular weight is 421 g/mol. The molecule has 0 unspecified atom stereocenters. The van der Waals surface area contributed by atoms with Gasteiger partial charge in [0.15, 0.2) is 0 Å². The number of hydrogen-bond donors (Lipinski definition) is 1. The normalized spacial score (nSPS) is 28.7. The van der Waals surface area contributed by atoms with E-state index in [4.69, 9.17) is 9.15 Å². The molecule has 1 aliphatic rings. The molecule has 1 N–H and O–H groups in total. The van der Waals surface area contributed by atoms with Crippen molar-refractivity contribution < 1.29 is 23.8 Å².